The van der Waals surface area contributed by atoms with Crippen molar-refractivity contribution >= 4 is 5.97 Å². The summed E-state index contributed by atoms with van der Waals surface area (Å²) < 4.78 is 0. The maximum absolute atomic E-state index is 10.0. The summed E-state index contributed by atoms with van der Waals surface area (Å²) in [6, 6.07) is 0. The summed E-state index contributed by atoms with van der Waals surface area (Å²) in [5.74, 6) is -0.953. The van der Waals surface area contributed by atoms with Gasteiger partial charge in [0.1, 0.15) is 0 Å². The maximum Gasteiger partial charge on any atom is 0.0944 e. The number of hydrogen-bond donors (Lipinski definition) is 1. The largest absolute Gasteiger partial charge is 0.550 e. The summed E-state index contributed by atoms with van der Waals surface area (Å²) in [6.45, 7) is 5.90. The van der Waals surface area contributed by atoms with Gasteiger partial charge in [-0.15, -0.1) is 0 Å². The van der Waals surface area contributed by atoms with Crippen LogP contribution in [0.15, 0.2) is 11.6 Å². The van der Waals surface area contributed by atoms with Crippen LogP contribution in [-0.4, -0.2) is 19.1 Å². The lowest BCUT2D eigenvalue weighted by Crippen LogP contribution is -2.84. The molecule has 0 aliphatic heterocycles. The molecule has 0 amide bonds. The first-order valence-electron chi connectivity index (χ1n) is 4.28. The molecular weight excluding hydrogens is 154 g/mol. The second-order valence-electron chi connectivity index (χ2n) is 3.07. The van der Waals surface area contributed by atoms with Gasteiger partial charge in [0.05, 0.1) is 13.1 Å². The second-order valence-corrected chi connectivity index (χ2v) is 3.07. The second kappa shape index (κ2) is 6.85. The van der Waals surface area contributed by atoms with Crippen molar-refractivity contribution in [3.05, 3.63) is 11.6 Å². The quantitative estimate of drug-likeness (QED) is 0.413. The van der Waals surface area contributed by atoms with Gasteiger partial charge in [0.2, 0.25) is 0 Å². The Morgan fingerprint density at radius 3 is 2.67 bits per heavy atom. The predicted octanol–water partition coefficient (Wildman–Crippen LogP) is -0.954. The molecule has 12 heavy (non-hydrogen) atoms. The molecule has 0 spiro atoms. The Kier molecular flexibility index (Phi) is 6.38. The van der Waals surface area contributed by atoms with Crippen LogP contribution in [0.3, 0.4) is 0 Å². The number of rotatable bonds is 6. The van der Waals surface area contributed by atoms with Crippen LogP contribution in [0.5, 0.6) is 0 Å². The Balaban J connectivity index is 3.11. The zero-order chi connectivity index (χ0) is 9.40. The standard InChI is InChI=1S/C9H17NO2/c1-8(2)5-7-10-6-3-4-9(11)12/h5,10H,3-4,6-7H2,1-2H3,(H,11,12). The van der Waals surface area contributed by atoms with Crippen molar-refractivity contribution in [3.63, 3.8) is 0 Å². The minimum Gasteiger partial charge on any atom is -0.550 e. The van der Waals surface area contributed by atoms with Crippen molar-refractivity contribution in [2.75, 3.05) is 13.1 Å². The molecule has 0 bridgehead atoms. The normalized spacial score (nSPS) is 9.50. The van der Waals surface area contributed by atoms with E-state index in [0.717, 1.165) is 13.1 Å². The van der Waals surface area contributed by atoms with E-state index in [1.807, 2.05) is 0 Å². The minimum absolute atomic E-state index is 0.172. The number of aliphatic carboxylic acids is 1. The lowest BCUT2D eigenvalue weighted by Gasteiger charge is -2.00. The lowest BCUT2D eigenvalue weighted by atomic mass is 10.3. The maximum atomic E-state index is 10.0. The molecule has 2 N–H and O–H groups in total. The van der Waals surface area contributed by atoms with E-state index in [-0.39, 0.29) is 6.42 Å². The van der Waals surface area contributed by atoms with Crippen LogP contribution in [0.1, 0.15) is 26.7 Å². The molecule has 3 nitrogen and oxygen atoms in total. The van der Waals surface area contributed by atoms with E-state index in [9.17, 15) is 9.90 Å². The Hall–Kier alpha value is -0.830. The highest BCUT2D eigenvalue weighted by atomic mass is 16.4. The average molecular weight is 171 g/mol. The predicted molar refractivity (Wildman–Crippen MR) is 45.3 cm³/mol. The summed E-state index contributed by atoms with van der Waals surface area (Å²) >= 11 is 0. The minimum atomic E-state index is -0.953. The van der Waals surface area contributed by atoms with Gasteiger partial charge in [0.15, 0.2) is 0 Å². The highest BCUT2D eigenvalue weighted by Gasteiger charge is 1.89. The van der Waals surface area contributed by atoms with Gasteiger partial charge in [-0.2, -0.15) is 0 Å². The molecule has 0 rings (SSSR count). The SMILES string of the molecule is CC(C)=CC[NH2+]CCCC(=O)[O-]. The molecule has 0 saturated heterocycles. The fourth-order valence-electron chi connectivity index (χ4n) is 0.828. The van der Waals surface area contributed by atoms with Crippen LogP contribution < -0.4 is 10.4 Å². The van der Waals surface area contributed by atoms with Crippen molar-refractivity contribution in [1.29, 1.82) is 0 Å². The molecule has 0 aromatic rings. The van der Waals surface area contributed by atoms with Crippen LogP contribution in [0, 0.1) is 0 Å². The zero-order valence-electron chi connectivity index (χ0n) is 7.80. The fourth-order valence-corrected chi connectivity index (χ4v) is 0.828. The summed E-state index contributed by atoms with van der Waals surface area (Å²) in [5, 5.41) is 12.1. The molecule has 0 unspecified atom stereocenters. The number of carbonyl (C=O) groups is 1. The van der Waals surface area contributed by atoms with Crippen LogP contribution >= 0.6 is 0 Å². The van der Waals surface area contributed by atoms with Gasteiger partial charge >= 0.3 is 0 Å². The smallest absolute Gasteiger partial charge is 0.0944 e. The van der Waals surface area contributed by atoms with Crippen molar-refractivity contribution in [2.24, 2.45) is 0 Å². The van der Waals surface area contributed by atoms with E-state index in [0.29, 0.717) is 6.42 Å². The third-order valence-electron chi connectivity index (χ3n) is 1.48. The first-order chi connectivity index (χ1) is 5.63. The molecule has 0 atom stereocenters. The molecule has 0 aromatic carbocycles. The van der Waals surface area contributed by atoms with Crippen molar-refractivity contribution < 1.29 is 15.2 Å². The van der Waals surface area contributed by atoms with Gasteiger partial charge in [-0.25, -0.2) is 0 Å². The van der Waals surface area contributed by atoms with E-state index in [2.05, 4.69) is 25.2 Å². The van der Waals surface area contributed by atoms with Crippen LogP contribution in [0.25, 0.3) is 0 Å². The fraction of sp³-hybridized carbons (Fsp3) is 0.667. The van der Waals surface area contributed by atoms with Crippen LogP contribution in [0.2, 0.25) is 0 Å². The first kappa shape index (κ1) is 11.2. The van der Waals surface area contributed by atoms with Crippen LogP contribution in [0.4, 0.5) is 0 Å². The summed E-state index contributed by atoms with van der Waals surface area (Å²) in [7, 11) is 0. The van der Waals surface area contributed by atoms with E-state index in [4.69, 9.17) is 0 Å². The van der Waals surface area contributed by atoms with Gasteiger partial charge in [-0.3, -0.25) is 0 Å². The Labute approximate surface area is 73.5 Å². The number of carboxylic acid groups (broad SMARTS) is 1. The number of nitrogens with two attached hydrogens (primary N) is 1. The van der Waals surface area contributed by atoms with Crippen molar-refractivity contribution in [3.8, 4) is 0 Å². The molecule has 0 saturated carbocycles. The number of quaternary nitrogens is 1. The van der Waals surface area contributed by atoms with Gasteiger partial charge < -0.3 is 15.2 Å². The monoisotopic (exact) mass is 171 g/mol. The summed E-state index contributed by atoms with van der Waals surface area (Å²) in [6.07, 6.45) is 2.99. The van der Waals surface area contributed by atoms with E-state index in [1.54, 1.807) is 0 Å². The first-order valence-corrected chi connectivity index (χ1v) is 4.28. The highest BCUT2D eigenvalue weighted by molar-refractivity contribution is 5.64. The molecule has 0 fully saturated rings. The molecule has 0 aliphatic carbocycles. The molecule has 70 valence electrons. The number of carbonyl (C=O) groups excluding carboxylic acids is 1. The van der Waals surface area contributed by atoms with Gasteiger partial charge in [-0.1, -0.05) is 5.57 Å². The molecular formula is C9H17NO2. The molecule has 0 heterocycles. The Morgan fingerprint density at radius 2 is 2.17 bits per heavy atom. The van der Waals surface area contributed by atoms with E-state index in [1.165, 1.54) is 5.57 Å². The third kappa shape index (κ3) is 9.17. The van der Waals surface area contributed by atoms with Crippen LogP contribution in [-0.2, 0) is 4.79 Å². The highest BCUT2D eigenvalue weighted by Crippen LogP contribution is 1.83. The van der Waals surface area contributed by atoms with Gasteiger partial charge in [0.25, 0.3) is 0 Å². The Morgan fingerprint density at radius 1 is 1.50 bits per heavy atom. The van der Waals surface area contributed by atoms with Crippen molar-refractivity contribution in [1.82, 2.24) is 0 Å². The lowest BCUT2D eigenvalue weighted by molar-refractivity contribution is -0.646. The number of carboxylic acids is 1. The van der Waals surface area contributed by atoms with Crippen molar-refractivity contribution in [2.45, 2.75) is 26.7 Å². The Bertz CT molecular complexity index is 160. The molecule has 0 aromatic heterocycles. The molecule has 3 heteroatoms. The molecule has 0 radical (unpaired) electrons. The topological polar surface area (TPSA) is 56.7 Å². The summed E-state index contributed by atoms with van der Waals surface area (Å²) in [4.78, 5) is 10.0. The third-order valence-corrected chi connectivity index (χ3v) is 1.48. The van der Waals surface area contributed by atoms with Gasteiger partial charge in [-0.05, 0) is 26.3 Å². The number of allylic oxidation sites excluding steroid dienone is 1. The number of hydrogen-bond acceptors (Lipinski definition) is 2. The van der Waals surface area contributed by atoms with E-state index >= 15 is 0 Å². The van der Waals surface area contributed by atoms with Gasteiger partial charge in [0, 0.05) is 12.4 Å². The van der Waals surface area contributed by atoms with E-state index < -0.39 is 5.97 Å². The zero-order valence-corrected chi connectivity index (χ0v) is 7.80. The molecule has 0 aliphatic rings. The average Bonchev–Trinajstić information content (AvgIpc) is 1.95. The summed E-state index contributed by atoms with van der Waals surface area (Å²) in [5.41, 5.74) is 1.30.